The molecule has 1 saturated heterocycles. The number of benzene rings is 1. The highest BCUT2D eigenvalue weighted by Gasteiger charge is 2.27. The summed E-state index contributed by atoms with van der Waals surface area (Å²) in [5, 5.41) is 1.72. The molecule has 0 atom stereocenters. The average Bonchev–Trinajstić information content (AvgIpc) is 2.63. The van der Waals surface area contributed by atoms with Gasteiger partial charge in [-0.05, 0) is 36.6 Å². The average molecular weight is 379 g/mol. The topological polar surface area (TPSA) is 59.5 Å². The number of rotatable bonds is 5. The molecule has 7 heteroatoms. The van der Waals surface area contributed by atoms with Gasteiger partial charge in [-0.25, -0.2) is 13.4 Å². The van der Waals surface area contributed by atoms with Crippen molar-refractivity contribution in [2.75, 3.05) is 13.1 Å². The zero-order valence-electron chi connectivity index (χ0n) is 13.6. The Morgan fingerprint density at radius 3 is 2.52 bits per heavy atom. The molecule has 5 nitrogen and oxygen atoms in total. The van der Waals surface area contributed by atoms with Crippen LogP contribution in [0.3, 0.4) is 0 Å². The van der Waals surface area contributed by atoms with Gasteiger partial charge < -0.3 is 4.74 Å². The van der Waals surface area contributed by atoms with E-state index in [4.69, 9.17) is 16.3 Å². The first kappa shape index (κ1) is 17.9. The van der Waals surface area contributed by atoms with Crippen LogP contribution in [-0.2, 0) is 10.0 Å². The molecule has 0 spiro atoms. The molecule has 1 fully saturated rings. The molecular weight excluding hydrogens is 360 g/mol. The highest BCUT2D eigenvalue weighted by Crippen LogP contribution is 2.25. The lowest BCUT2D eigenvalue weighted by Gasteiger charge is -2.30. The lowest BCUT2D eigenvalue weighted by atomic mass is 10.1. The van der Waals surface area contributed by atoms with Crippen molar-refractivity contribution in [3.8, 4) is 5.88 Å². The Kier molecular flexibility index (Phi) is 5.73. The fourth-order valence-electron chi connectivity index (χ4n) is 2.63. The summed E-state index contributed by atoms with van der Waals surface area (Å²) >= 11 is 6.04. The van der Waals surface area contributed by atoms with Crippen molar-refractivity contribution in [3.63, 3.8) is 0 Å². The fraction of sp³-hybridized carbons (Fsp3) is 0.278. The molecule has 0 bridgehead atoms. The van der Waals surface area contributed by atoms with E-state index in [0.29, 0.717) is 36.8 Å². The Labute approximate surface area is 153 Å². The molecule has 1 aliphatic heterocycles. The summed E-state index contributed by atoms with van der Waals surface area (Å²) < 4.78 is 32.2. The summed E-state index contributed by atoms with van der Waals surface area (Å²) in [5.41, 5.74) is 0.856. The van der Waals surface area contributed by atoms with Crippen LogP contribution in [0, 0.1) is 0 Å². The van der Waals surface area contributed by atoms with E-state index in [1.807, 2.05) is 30.3 Å². The van der Waals surface area contributed by atoms with Crippen LogP contribution < -0.4 is 4.74 Å². The molecular formula is C18H19ClN2O3S. The largest absolute Gasteiger partial charge is 0.473 e. The van der Waals surface area contributed by atoms with Gasteiger partial charge in [0.15, 0.2) is 0 Å². The zero-order chi connectivity index (χ0) is 17.7. The third-order valence-corrected chi connectivity index (χ3v) is 5.85. The van der Waals surface area contributed by atoms with Gasteiger partial charge in [0.25, 0.3) is 0 Å². The molecule has 0 saturated carbocycles. The minimum absolute atomic E-state index is 0.0862. The lowest BCUT2D eigenvalue weighted by Crippen LogP contribution is -2.41. The van der Waals surface area contributed by atoms with Crippen LogP contribution in [0.15, 0.2) is 54.1 Å². The fourth-order valence-corrected chi connectivity index (χ4v) is 4.02. The minimum atomic E-state index is -3.43. The van der Waals surface area contributed by atoms with Crippen LogP contribution in [0.2, 0.25) is 5.02 Å². The quantitative estimate of drug-likeness (QED) is 0.797. The molecule has 2 aromatic rings. The number of sulfonamides is 1. The third-order valence-electron chi connectivity index (χ3n) is 4.00. The molecule has 25 heavy (non-hydrogen) atoms. The van der Waals surface area contributed by atoms with Gasteiger partial charge in [-0.3, -0.25) is 0 Å². The van der Waals surface area contributed by atoms with Crippen LogP contribution in [0.5, 0.6) is 5.88 Å². The summed E-state index contributed by atoms with van der Waals surface area (Å²) in [5.74, 6) is 0.398. The van der Waals surface area contributed by atoms with E-state index >= 15 is 0 Å². The molecule has 0 N–H and O–H groups in total. The second-order valence-corrected chi connectivity index (χ2v) is 7.99. The van der Waals surface area contributed by atoms with Crippen LogP contribution >= 0.6 is 11.6 Å². The van der Waals surface area contributed by atoms with Gasteiger partial charge in [0, 0.05) is 24.7 Å². The van der Waals surface area contributed by atoms with E-state index in [9.17, 15) is 8.42 Å². The summed E-state index contributed by atoms with van der Waals surface area (Å²) in [6.07, 6.45) is 4.36. The van der Waals surface area contributed by atoms with Crippen LogP contribution in [-0.4, -0.2) is 36.9 Å². The van der Waals surface area contributed by atoms with Gasteiger partial charge in [-0.15, -0.1) is 0 Å². The molecule has 1 aromatic carbocycles. The Balaban J connectivity index is 1.58. The van der Waals surface area contributed by atoms with Gasteiger partial charge in [0.1, 0.15) is 11.1 Å². The summed E-state index contributed by atoms with van der Waals surface area (Å²) in [7, 11) is -3.43. The Hall–Kier alpha value is -1.89. The number of nitrogens with zero attached hydrogens (tertiary/aromatic N) is 2. The van der Waals surface area contributed by atoms with Crippen molar-refractivity contribution < 1.29 is 13.2 Å². The maximum Gasteiger partial charge on any atom is 0.236 e. The predicted octanol–water partition coefficient (Wildman–Crippen LogP) is 3.58. The summed E-state index contributed by atoms with van der Waals surface area (Å²) in [6, 6.07) is 12.8. The maximum absolute atomic E-state index is 12.4. The standard InChI is InChI=1S/C18H19ClN2O3S/c19-17-7-4-11-20-18(17)24-16-8-12-21(13-9-16)25(22,23)14-10-15-5-2-1-3-6-15/h1-7,10-11,14,16H,8-9,12-13H2. The van der Waals surface area contributed by atoms with Crippen molar-refractivity contribution in [2.45, 2.75) is 18.9 Å². The zero-order valence-corrected chi connectivity index (χ0v) is 15.2. The number of piperidine rings is 1. The van der Waals surface area contributed by atoms with Gasteiger partial charge in [-0.2, -0.15) is 4.31 Å². The van der Waals surface area contributed by atoms with E-state index < -0.39 is 10.0 Å². The molecule has 0 radical (unpaired) electrons. The molecule has 0 amide bonds. The summed E-state index contributed by atoms with van der Waals surface area (Å²) in [6.45, 7) is 0.827. The van der Waals surface area contributed by atoms with E-state index in [1.54, 1.807) is 24.4 Å². The van der Waals surface area contributed by atoms with E-state index in [0.717, 1.165) is 5.56 Å². The Bertz CT molecular complexity index is 832. The van der Waals surface area contributed by atoms with Gasteiger partial charge >= 0.3 is 0 Å². The lowest BCUT2D eigenvalue weighted by molar-refractivity contribution is 0.130. The number of aromatic nitrogens is 1. The van der Waals surface area contributed by atoms with Crippen LogP contribution in [0.25, 0.3) is 6.08 Å². The summed E-state index contributed by atoms with van der Waals surface area (Å²) in [4.78, 5) is 4.11. The van der Waals surface area contributed by atoms with Crippen molar-refractivity contribution in [1.82, 2.24) is 9.29 Å². The predicted molar refractivity (Wildman–Crippen MR) is 98.9 cm³/mol. The van der Waals surface area contributed by atoms with Crippen molar-refractivity contribution in [2.24, 2.45) is 0 Å². The molecule has 0 aliphatic carbocycles. The SMILES string of the molecule is O=S(=O)(C=Cc1ccccc1)N1CCC(Oc2ncccc2Cl)CC1. The van der Waals surface area contributed by atoms with E-state index in [2.05, 4.69) is 4.98 Å². The molecule has 3 rings (SSSR count). The molecule has 1 aliphatic rings. The molecule has 132 valence electrons. The van der Waals surface area contributed by atoms with Gasteiger partial charge in [0.05, 0.1) is 0 Å². The van der Waals surface area contributed by atoms with Crippen LogP contribution in [0.4, 0.5) is 0 Å². The first-order valence-corrected chi connectivity index (χ1v) is 9.93. The maximum atomic E-state index is 12.4. The third kappa shape index (κ3) is 4.81. The highest BCUT2D eigenvalue weighted by molar-refractivity contribution is 7.92. The number of hydrogen-bond acceptors (Lipinski definition) is 4. The highest BCUT2D eigenvalue weighted by atomic mass is 35.5. The second kappa shape index (κ2) is 7.99. The second-order valence-electron chi connectivity index (χ2n) is 5.77. The Morgan fingerprint density at radius 2 is 1.84 bits per heavy atom. The van der Waals surface area contributed by atoms with Crippen molar-refractivity contribution in [1.29, 1.82) is 0 Å². The number of pyridine rings is 1. The first-order valence-electron chi connectivity index (χ1n) is 8.05. The van der Waals surface area contributed by atoms with E-state index in [1.165, 1.54) is 9.71 Å². The molecule has 0 unspecified atom stereocenters. The van der Waals surface area contributed by atoms with Crippen molar-refractivity contribution >= 4 is 27.7 Å². The van der Waals surface area contributed by atoms with Crippen LogP contribution in [0.1, 0.15) is 18.4 Å². The number of halogens is 1. The first-order chi connectivity index (χ1) is 12.0. The molecule has 1 aromatic heterocycles. The normalized spacial score (nSPS) is 17.0. The smallest absolute Gasteiger partial charge is 0.236 e. The number of hydrogen-bond donors (Lipinski definition) is 0. The van der Waals surface area contributed by atoms with Gasteiger partial charge in [-0.1, -0.05) is 41.9 Å². The van der Waals surface area contributed by atoms with E-state index in [-0.39, 0.29) is 6.10 Å². The number of ether oxygens (including phenoxy) is 1. The Morgan fingerprint density at radius 1 is 1.12 bits per heavy atom. The monoisotopic (exact) mass is 378 g/mol. The molecule has 2 heterocycles. The minimum Gasteiger partial charge on any atom is -0.473 e. The van der Waals surface area contributed by atoms with Crippen molar-refractivity contribution in [3.05, 3.63) is 64.7 Å². The van der Waals surface area contributed by atoms with Gasteiger partial charge in [0.2, 0.25) is 15.9 Å².